The zero-order valence-corrected chi connectivity index (χ0v) is 17.4. The van der Waals surface area contributed by atoms with Crippen molar-refractivity contribution < 1.29 is 14.3 Å². The van der Waals surface area contributed by atoms with E-state index in [0.29, 0.717) is 6.42 Å². The third-order valence-electron chi connectivity index (χ3n) is 4.59. The molecule has 2 aromatic rings. The molecule has 1 aliphatic carbocycles. The molecule has 0 spiro atoms. The van der Waals surface area contributed by atoms with Crippen molar-refractivity contribution in [3.63, 3.8) is 0 Å². The Kier molecular flexibility index (Phi) is 6.45. The maximum atomic E-state index is 13.3. The highest BCUT2D eigenvalue weighted by molar-refractivity contribution is 7.99. The SMILES string of the molecule is CC(C)(C)OC(=O)NC1CCc2ccccc2C(SCc2ccccc2)C1=O. The molecule has 4 nitrogen and oxygen atoms in total. The van der Waals surface area contributed by atoms with Gasteiger partial charge in [-0.2, -0.15) is 0 Å². The van der Waals surface area contributed by atoms with Gasteiger partial charge in [0.25, 0.3) is 0 Å². The number of amides is 1. The molecule has 2 aromatic carbocycles. The largest absolute Gasteiger partial charge is 0.444 e. The zero-order valence-electron chi connectivity index (χ0n) is 16.6. The molecule has 0 aromatic heterocycles. The summed E-state index contributed by atoms with van der Waals surface area (Å²) < 4.78 is 5.36. The highest BCUT2D eigenvalue weighted by Gasteiger charge is 2.34. The molecule has 0 heterocycles. The monoisotopic (exact) mass is 397 g/mol. The molecule has 0 fully saturated rings. The van der Waals surface area contributed by atoms with Crippen LogP contribution < -0.4 is 5.32 Å². The maximum Gasteiger partial charge on any atom is 0.408 e. The molecule has 0 saturated heterocycles. The van der Waals surface area contributed by atoms with Gasteiger partial charge in [0.2, 0.25) is 0 Å². The Labute approximate surface area is 171 Å². The van der Waals surface area contributed by atoms with Gasteiger partial charge in [-0.05, 0) is 50.3 Å². The first-order valence-corrected chi connectivity index (χ1v) is 10.6. The van der Waals surface area contributed by atoms with E-state index in [-0.39, 0.29) is 11.0 Å². The van der Waals surface area contributed by atoms with E-state index in [1.807, 2.05) is 57.2 Å². The van der Waals surface area contributed by atoms with Crippen LogP contribution in [0, 0.1) is 0 Å². The summed E-state index contributed by atoms with van der Waals surface area (Å²) in [5, 5.41) is 2.50. The third kappa shape index (κ3) is 5.38. The van der Waals surface area contributed by atoms with Gasteiger partial charge in [-0.1, -0.05) is 54.6 Å². The number of carbonyl (C=O) groups is 2. The van der Waals surface area contributed by atoms with Crippen LogP contribution in [-0.4, -0.2) is 23.5 Å². The van der Waals surface area contributed by atoms with E-state index in [4.69, 9.17) is 4.74 Å². The minimum Gasteiger partial charge on any atom is -0.444 e. The van der Waals surface area contributed by atoms with E-state index in [2.05, 4.69) is 23.5 Å². The molecule has 5 heteroatoms. The molecular formula is C23H27NO3S. The van der Waals surface area contributed by atoms with Crippen molar-refractivity contribution in [1.82, 2.24) is 5.32 Å². The van der Waals surface area contributed by atoms with Crippen LogP contribution in [0.15, 0.2) is 54.6 Å². The number of hydrogen-bond donors (Lipinski definition) is 1. The minimum absolute atomic E-state index is 0.0386. The first-order valence-electron chi connectivity index (χ1n) is 9.60. The lowest BCUT2D eigenvalue weighted by atomic mass is 10.0. The fourth-order valence-electron chi connectivity index (χ4n) is 3.31. The average molecular weight is 398 g/mol. The number of ketones is 1. The van der Waals surface area contributed by atoms with Gasteiger partial charge < -0.3 is 10.1 Å². The predicted octanol–water partition coefficient (Wildman–Crippen LogP) is 5.07. The summed E-state index contributed by atoms with van der Waals surface area (Å²) >= 11 is 1.62. The number of Topliss-reactive ketones (excluding diaryl/α,β-unsaturated/α-hetero) is 1. The Bertz CT molecular complexity index is 829. The second-order valence-corrected chi connectivity index (χ2v) is 9.11. The first-order chi connectivity index (χ1) is 13.3. The smallest absolute Gasteiger partial charge is 0.408 e. The topological polar surface area (TPSA) is 55.4 Å². The van der Waals surface area contributed by atoms with Crippen LogP contribution in [0.4, 0.5) is 4.79 Å². The number of rotatable bonds is 4. The second kappa shape index (κ2) is 8.82. The lowest BCUT2D eigenvalue weighted by molar-refractivity contribution is -0.120. The van der Waals surface area contributed by atoms with E-state index >= 15 is 0 Å². The number of ether oxygens (including phenoxy) is 1. The maximum absolute atomic E-state index is 13.3. The molecule has 148 valence electrons. The van der Waals surface area contributed by atoms with E-state index in [9.17, 15) is 9.59 Å². The Morgan fingerprint density at radius 3 is 2.50 bits per heavy atom. The molecule has 0 aliphatic heterocycles. The van der Waals surface area contributed by atoms with Crippen LogP contribution in [0.25, 0.3) is 0 Å². The number of thioether (sulfide) groups is 1. The number of fused-ring (bicyclic) bond motifs is 1. The van der Waals surface area contributed by atoms with Gasteiger partial charge in [0.05, 0.1) is 11.3 Å². The molecule has 1 aliphatic rings. The molecule has 0 bridgehead atoms. The number of nitrogens with one attached hydrogen (secondary N) is 1. The number of carbonyl (C=O) groups excluding carboxylic acids is 2. The zero-order chi connectivity index (χ0) is 20.1. The first kappa shape index (κ1) is 20.5. The summed E-state index contributed by atoms with van der Waals surface area (Å²) in [4.78, 5) is 25.6. The fourth-order valence-corrected chi connectivity index (χ4v) is 4.60. The van der Waals surface area contributed by atoms with Gasteiger partial charge in [-0.15, -0.1) is 11.8 Å². The molecule has 2 unspecified atom stereocenters. The van der Waals surface area contributed by atoms with E-state index in [1.165, 1.54) is 11.1 Å². The van der Waals surface area contributed by atoms with Crippen LogP contribution in [0.3, 0.4) is 0 Å². The summed E-state index contributed by atoms with van der Waals surface area (Å²) in [7, 11) is 0. The van der Waals surface area contributed by atoms with E-state index in [0.717, 1.165) is 17.7 Å². The van der Waals surface area contributed by atoms with Crippen molar-refractivity contribution in [3.8, 4) is 0 Å². The average Bonchev–Trinajstić information content (AvgIpc) is 2.77. The van der Waals surface area contributed by atoms with Crippen LogP contribution in [-0.2, 0) is 21.7 Å². The highest BCUT2D eigenvalue weighted by atomic mass is 32.2. The molecule has 3 rings (SSSR count). The van der Waals surface area contributed by atoms with E-state index in [1.54, 1.807) is 11.8 Å². The Morgan fingerprint density at radius 2 is 1.79 bits per heavy atom. The minimum atomic E-state index is -0.595. The normalized spacial score (nSPS) is 19.5. The number of hydrogen-bond acceptors (Lipinski definition) is 4. The summed E-state index contributed by atoms with van der Waals surface area (Å²) in [6.45, 7) is 5.45. The van der Waals surface area contributed by atoms with Gasteiger partial charge in [0.15, 0.2) is 5.78 Å². The summed E-state index contributed by atoms with van der Waals surface area (Å²) in [5.41, 5.74) is 2.82. The second-order valence-electron chi connectivity index (χ2n) is 8.02. The van der Waals surface area contributed by atoms with Crippen molar-refractivity contribution >= 4 is 23.6 Å². The van der Waals surface area contributed by atoms with E-state index < -0.39 is 17.7 Å². The Balaban J connectivity index is 1.79. The highest BCUT2D eigenvalue weighted by Crippen LogP contribution is 2.38. The lowest BCUT2D eigenvalue weighted by Gasteiger charge is -2.24. The number of aryl methyl sites for hydroxylation is 1. The third-order valence-corrected chi connectivity index (χ3v) is 5.91. The Hall–Kier alpha value is -2.27. The molecule has 0 radical (unpaired) electrons. The quantitative estimate of drug-likeness (QED) is 0.732. The number of benzene rings is 2. The molecule has 28 heavy (non-hydrogen) atoms. The number of alkyl carbamates (subject to hydrolysis) is 1. The van der Waals surface area contributed by atoms with Crippen LogP contribution >= 0.6 is 11.8 Å². The summed E-state index contributed by atoms with van der Waals surface area (Å²) in [6.07, 6.45) is 0.797. The summed E-state index contributed by atoms with van der Waals surface area (Å²) in [5.74, 6) is 0.779. The van der Waals surface area contributed by atoms with Gasteiger partial charge >= 0.3 is 6.09 Å². The standard InChI is InChI=1S/C23H27NO3S/c1-23(2,3)27-22(26)24-19-14-13-17-11-7-8-12-18(17)21(20(19)25)28-15-16-9-5-4-6-10-16/h4-12,19,21H,13-15H2,1-3H3,(H,24,26). The van der Waals surface area contributed by atoms with Crippen LogP contribution in [0.1, 0.15) is 49.1 Å². The van der Waals surface area contributed by atoms with Gasteiger partial charge in [0, 0.05) is 5.75 Å². The van der Waals surface area contributed by atoms with Crippen molar-refractivity contribution in [2.75, 3.05) is 0 Å². The van der Waals surface area contributed by atoms with Gasteiger partial charge in [-0.3, -0.25) is 4.79 Å². The molecule has 2 atom stereocenters. The van der Waals surface area contributed by atoms with Gasteiger partial charge in [-0.25, -0.2) is 4.79 Å². The van der Waals surface area contributed by atoms with Gasteiger partial charge in [0.1, 0.15) is 5.60 Å². The predicted molar refractivity (Wildman–Crippen MR) is 113 cm³/mol. The van der Waals surface area contributed by atoms with Crippen LogP contribution in [0.5, 0.6) is 0 Å². The lowest BCUT2D eigenvalue weighted by Crippen LogP contribution is -2.44. The van der Waals surface area contributed by atoms with Crippen molar-refractivity contribution in [3.05, 3.63) is 71.3 Å². The molecule has 1 N–H and O–H groups in total. The van der Waals surface area contributed by atoms with Crippen molar-refractivity contribution in [2.24, 2.45) is 0 Å². The summed E-state index contributed by atoms with van der Waals surface area (Å²) in [6, 6.07) is 17.7. The molecule has 0 saturated carbocycles. The molecule has 1 amide bonds. The fraction of sp³-hybridized carbons (Fsp3) is 0.391. The van der Waals surface area contributed by atoms with Crippen molar-refractivity contribution in [1.29, 1.82) is 0 Å². The van der Waals surface area contributed by atoms with Crippen molar-refractivity contribution in [2.45, 2.75) is 56.3 Å². The molecular weight excluding hydrogens is 370 g/mol. The van der Waals surface area contributed by atoms with Crippen LogP contribution in [0.2, 0.25) is 0 Å². The Morgan fingerprint density at radius 1 is 1.11 bits per heavy atom.